The minimum atomic E-state index is -0.396. The van der Waals surface area contributed by atoms with E-state index in [2.05, 4.69) is 37.4 Å². The van der Waals surface area contributed by atoms with E-state index in [0.29, 0.717) is 37.0 Å². The smallest absolute Gasteiger partial charge is 0.410 e. The number of fused-ring (bicyclic) bond motifs is 1. The molecular formula is C34H48N2O6. The van der Waals surface area contributed by atoms with Crippen molar-refractivity contribution >= 4 is 18.0 Å². The lowest BCUT2D eigenvalue weighted by atomic mass is 9.65. The molecule has 1 N–H and O–H groups in total. The molecule has 0 aromatic heterocycles. The number of hydrogen-bond donors (Lipinski definition) is 1. The van der Waals surface area contributed by atoms with Gasteiger partial charge in [0.1, 0.15) is 18.0 Å². The minimum Gasteiger partial charge on any atom is -0.497 e. The van der Waals surface area contributed by atoms with Crippen molar-refractivity contribution in [2.75, 3.05) is 14.2 Å². The Balaban J connectivity index is 1.48. The molecule has 2 aliphatic carbocycles. The molecule has 42 heavy (non-hydrogen) atoms. The summed E-state index contributed by atoms with van der Waals surface area (Å²) in [4.78, 5) is 40.3. The standard InChI is InChI=1S/C34H48N2O6/c1-7-22(3)33(38)42-30-16-21(2)15-25-12-11-23(4)29(32(25)30)14-13-28-18-26(19-31(37)35-5)36(34(39)41-28)20-24-9-8-10-27(17-24)40-6/h8-12,15,17,21-23,26,28-30,32H,7,13-14,16,18-20H2,1-6H3,(H,35,37)/t21-,22-,23-,26+,28+,29-,30-,32-/m0/s1. The van der Waals surface area contributed by atoms with Gasteiger partial charge >= 0.3 is 12.1 Å². The number of ether oxygens (including phenoxy) is 3. The van der Waals surface area contributed by atoms with Crippen LogP contribution in [0.4, 0.5) is 4.79 Å². The zero-order valence-electron chi connectivity index (χ0n) is 26.0. The second-order valence-corrected chi connectivity index (χ2v) is 12.4. The number of carbonyl (C=O) groups is 3. The van der Waals surface area contributed by atoms with E-state index in [0.717, 1.165) is 24.8 Å². The van der Waals surface area contributed by atoms with Gasteiger partial charge in [-0.3, -0.25) is 9.59 Å². The lowest BCUT2D eigenvalue weighted by Gasteiger charge is -2.44. The number of amides is 2. The lowest BCUT2D eigenvalue weighted by Crippen LogP contribution is -2.50. The Labute approximate surface area is 250 Å². The fraction of sp³-hybridized carbons (Fsp3) is 0.618. The molecule has 1 heterocycles. The van der Waals surface area contributed by atoms with Gasteiger partial charge in [-0.2, -0.15) is 0 Å². The number of carbonyl (C=O) groups excluding carboxylic acids is 3. The zero-order valence-corrected chi connectivity index (χ0v) is 26.0. The van der Waals surface area contributed by atoms with Crippen LogP contribution in [0, 0.1) is 29.6 Å². The molecule has 0 bridgehead atoms. The summed E-state index contributed by atoms with van der Waals surface area (Å²) in [7, 11) is 3.23. The first-order valence-electron chi connectivity index (χ1n) is 15.5. The first-order chi connectivity index (χ1) is 20.1. The average molecular weight is 581 g/mol. The maximum atomic E-state index is 13.4. The molecule has 3 aliphatic rings. The Hall–Kier alpha value is -3.29. The topological polar surface area (TPSA) is 94.2 Å². The van der Waals surface area contributed by atoms with Crippen LogP contribution >= 0.6 is 0 Å². The monoisotopic (exact) mass is 580 g/mol. The molecule has 8 atom stereocenters. The van der Waals surface area contributed by atoms with E-state index in [1.807, 2.05) is 38.1 Å². The molecule has 1 aliphatic heterocycles. The van der Waals surface area contributed by atoms with Crippen molar-refractivity contribution in [1.29, 1.82) is 0 Å². The molecule has 8 nitrogen and oxygen atoms in total. The van der Waals surface area contributed by atoms with Gasteiger partial charge < -0.3 is 24.4 Å². The molecular weight excluding hydrogens is 532 g/mol. The first-order valence-corrected chi connectivity index (χ1v) is 15.5. The van der Waals surface area contributed by atoms with Gasteiger partial charge in [0.05, 0.1) is 13.0 Å². The molecule has 1 fully saturated rings. The second kappa shape index (κ2) is 14.3. The number of benzene rings is 1. The zero-order chi connectivity index (χ0) is 30.4. The number of nitrogens with zero attached hydrogens (tertiary/aromatic N) is 1. The third kappa shape index (κ3) is 7.56. The van der Waals surface area contributed by atoms with E-state index in [1.165, 1.54) is 5.57 Å². The van der Waals surface area contributed by atoms with E-state index in [4.69, 9.17) is 14.2 Å². The van der Waals surface area contributed by atoms with Crippen molar-refractivity contribution in [3.8, 4) is 5.75 Å². The Kier molecular flexibility index (Phi) is 10.7. The number of cyclic esters (lactones) is 1. The molecule has 4 rings (SSSR count). The highest BCUT2D eigenvalue weighted by Crippen LogP contribution is 2.45. The summed E-state index contributed by atoms with van der Waals surface area (Å²) in [5, 5.41) is 2.71. The Morgan fingerprint density at radius 1 is 1.19 bits per heavy atom. The summed E-state index contributed by atoms with van der Waals surface area (Å²) < 4.78 is 17.5. The van der Waals surface area contributed by atoms with Crippen molar-refractivity contribution in [3.05, 3.63) is 53.6 Å². The molecule has 8 heteroatoms. The van der Waals surface area contributed by atoms with Crippen LogP contribution in [0.3, 0.4) is 0 Å². The van der Waals surface area contributed by atoms with Crippen LogP contribution in [0.2, 0.25) is 0 Å². The van der Waals surface area contributed by atoms with Crippen LogP contribution in [-0.2, 0) is 25.6 Å². The van der Waals surface area contributed by atoms with E-state index < -0.39 is 6.09 Å². The average Bonchev–Trinajstić information content (AvgIpc) is 2.97. The molecule has 0 saturated carbocycles. The number of rotatable bonds is 11. The maximum Gasteiger partial charge on any atom is 0.410 e. The van der Waals surface area contributed by atoms with Crippen LogP contribution in [-0.4, -0.2) is 55.3 Å². The van der Waals surface area contributed by atoms with E-state index in [9.17, 15) is 14.4 Å². The van der Waals surface area contributed by atoms with Gasteiger partial charge in [0.15, 0.2) is 0 Å². The quantitative estimate of drug-likeness (QED) is 0.320. The van der Waals surface area contributed by atoms with Gasteiger partial charge in [0, 0.05) is 38.4 Å². The summed E-state index contributed by atoms with van der Waals surface area (Å²) in [5.41, 5.74) is 2.17. The fourth-order valence-electron chi connectivity index (χ4n) is 6.72. The van der Waals surface area contributed by atoms with E-state index >= 15 is 0 Å². The second-order valence-electron chi connectivity index (χ2n) is 12.4. The summed E-state index contributed by atoms with van der Waals surface area (Å²) in [5.74, 6) is 1.39. The van der Waals surface area contributed by atoms with Crippen molar-refractivity contribution in [3.63, 3.8) is 0 Å². The van der Waals surface area contributed by atoms with Gasteiger partial charge in [-0.25, -0.2) is 4.79 Å². The molecule has 0 unspecified atom stereocenters. The highest BCUT2D eigenvalue weighted by atomic mass is 16.6. The van der Waals surface area contributed by atoms with Gasteiger partial charge in [-0.15, -0.1) is 0 Å². The van der Waals surface area contributed by atoms with Crippen LogP contribution < -0.4 is 10.1 Å². The van der Waals surface area contributed by atoms with Gasteiger partial charge in [-0.1, -0.05) is 58.1 Å². The first kappa shape index (κ1) is 31.6. The molecule has 1 aromatic rings. The largest absolute Gasteiger partial charge is 0.497 e. The third-order valence-corrected chi connectivity index (χ3v) is 9.36. The summed E-state index contributed by atoms with van der Waals surface area (Å²) in [6.45, 7) is 8.68. The molecule has 1 saturated heterocycles. The van der Waals surface area contributed by atoms with Crippen LogP contribution in [0.5, 0.6) is 5.75 Å². The van der Waals surface area contributed by atoms with Crippen molar-refractivity contribution in [2.24, 2.45) is 29.6 Å². The third-order valence-electron chi connectivity index (χ3n) is 9.36. The van der Waals surface area contributed by atoms with Gasteiger partial charge in [-0.05, 0) is 66.7 Å². The van der Waals surface area contributed by atoms with Crippen LogP contribution in [0.1, 0.15) is 71.8 Å². The van der Waals surface area contributed by atoms with Gasteiger partial charge in [0.25, 0.3) is 0 Å². The van der Waals surface area contributed by atoms with E-state index in [-0.39, 0.29) is 54.3 Å². The predicted octanol–water partition coefficient (Wildman–Crippen LogP) is 6.05. The molecule has 0 radical (unpaired) electrons. The maximum absolute atomic E-state index is 13.4. The number of hydrogen-bond acceptors (Lipinski definition) is 6. The number of esters is 1. The van der Waals surface area contributed by atoms with Crippen LogP contribution in [0.15, 0.2) is 48.1 Å². The van der Waals surface area contributed by atoms with E-state index in [1.54, 1.807) is 19.1 Å². The number of allylic oxidation sites excluding steroid dienone is 3. The summed E-state index contributed by atoms with van der Waals surface area (Å²) >= 11 is 0. The Morgan fingerprint density at radius 2 is 1.98 bits per heavy atom. The highest BCUT2D eigenvalue weighted by molar-refractivity contribution is 5.78. The van der Waals surface area contributed by atoms with Crippen molar-refractivity contribution in [2.45, 2.75) is 91.0 Å². The number of nitrogens with one attached hydrogen (secondary N) is 1. The summed E-state index contributed by atoms with van der Waals surface area (Å²) in [6, 6.07) is 7.32. The normalized spacial score (nSPS) is 29.6. The Morgan fingerprint density at radius 3 is 2.69 bits per heavy atom. The predicted molar refractivity (Wildman–Crippen MR) is 162 cm³/mol. The minimum absolute atomic E-state index is 0.104. The van der Waals surface area contributed by atoms with Crippen LogP contribution in [0.25, 0.3) is 0 Å². The fourth-order valence-corrected chi connectivity index (χ4v) is 6.72. The molecule has 230 valence electrons. The summed E-state index contributed by atoms with van der Waals surface area (Å²) in [6.07, 6.45) is 9.85. The number of methoxy groups -OCH3 is 1. The molecule has 2 amide bonds. The van der Waals surface area contributed by atoms with Gasteiger partial charge in [0.2, 0.25) is 5.91 Å². The SMILES string of the molecule is CC[C@H](C)C(=O)O[C@H]1C[C@@H](C)C=C2C=C[C@H](C)[C@H](CC[C@@H]3C[C@H](CC(=O)NC)N(Cc4cccc(OC)c4)C(=O)O3)[C@H]21. The van der Waals surface area contributed by atoms with Crippen molar-refractivity contribution < 1.29 is 28.6 Å². The molecule has 1 aromatic carbocycles. The van der Waals surface area contributed by atoms with Crippen molar-refractivity contribution in [1.82, 2.24) is 10.2 Å². The highest BCUT2D eigenvalue weighted by Gasteiger charge is 2.43. The Bertz CT molecular complexity index is 1180. The lowest BCUT2D eigenvalue weighted by molar-refractivity contribution is -0.158. The molecule has 0 spiro atoms.